The number of amides is 1. The Hall–Kier alpha value is -2.31. The van der Waals surface area contributed by atoms with Gasteiger partial charge < -0.3 is 4.90 Å². The van der Waals surface area contributed by atoms with Crippen molar-refractivity contribution in [1.82, 2.24) is 14.7 Å². The molecule has 4 nitrogen and oxygen atoms in total. The van der Waals surface area contributed by atoms with Crippen LogP contribution in [0.15, 0.2) is 18.2 Å². The standard InChI is InChI=1S/C20H22F3N3O/c1-11-3-8-15(12-4-5-12)13(9-11)10-26(14-6-7-14)20(27)16-17(18(21)22)24-25(2)19(16)23/h3,8-9,12,14,18H,4-7,10H2,1-2H3. The van der Waals surface area contributed by atoms with Crippen LogP contribution in [0.1, 0.15) is 70.8 Å². The Bertz CT molecular complexity index is 885. The molecule has 0 aliphatic heterocycles. The predicted octanol–water partition coefficient (Wildman–Crippen LogP) is 4.49. The van der Waals surface area contributed by atoms with Crippen molar-refractivity contribution < 1.29 is 18.0 Å². The molecule has 2 fully saturated rings. The summed E-state index contributed by atoms with van der Waals surface area (Å²) in [5, 5.41) is 3.51. The molecule has 1 aromatic carbocycles. The molecule has 4 rings (SSSR count). The normalized spacial score (nSPS) is 16.8. The molecule has 2 saturated carbocycles. The van der Waals surface area contributed by atoms with Crippen molar-refractivity contribution in [3.63, 3.8) is 0 Å². The van der Waals surface area contributed by atoms with Crippen molar-refractivity contribution >= 4 is 5.91 Å². The lowest BCUT2D eigenvalue weighted by atomic mass is 10.00. The fourth-order valence-corrected chi connectivity index (χ4v) is 3.62. The number of alkyl halides is 2. The van der Waals surface area contributed by atoms with Crippen LogP contribution < -0.4 is 0 Å². The van der Waals surface area contributed by atoms with Crippen molar-refractivity contribution in [3.8, 4) is 0 Å². The van der Waals surface area contributed by atoms with E-state index in [4.69, 9.17) is 0 Å². The lowest BCUT2D eigenvalue weighted by molar-refractivity contribution is 0.0711. The fraction of sp³-hybridized carbons (Fsp3) is 0.500. The summed E-state index contributed by atoms with van der Waals surface area (Å²) in [4.78, 5) is 14.6. The molecule has 2 aliphatic rings. The molecule has 0 spiro atoms. The maximum atomic E-state index is 14.4. The number of nitrogens with zero attached hydrogens (tertiary/aromatic N) is 3. The lowest BCUT2D eigenvalue weighted by Gasteiger charge is -2.24. The van der Waals surface area contributed by atoms with Gasteiger partial charge in [0.05, 0.1) is 0 Å². The van der Waals surface area contributed by atoms with E-state index < -0.39 is 29.5 Å². The van der Waals surface area contributed by atoms with Gasteiger partial charge in [-0.3, -0.25) is 4.79 Å². The Balaban J connectivity index is 1.69. The summed E-state index contributed by atoms with van der Waals surface area (Å²) in [6.07, 6.45) is 0.867. The van der Waals surface area contributed by atoms with E-state index in [0.717, 1.165) is 36.8 Å². The Kier molecular flexibility index (Phi) is 4.48. The number of aryl methyl sites for hydroxylation is 2. The van der Waals surface area contributed by atoms with Crippen LogP contribution in [-0.4, -0.2) is 26.6 Å². The summed E-state index contributed by atoms with van der Waals surface area (Å²) >= 11 is 0. The van der Waals surface area contributed by atoms with Gasteiger partial charge in [-0.1, -0.05) is 23.8 Å². The first kappa shape index (κ1) is 18.1. The van der Waals surface area contributed by atoms with E-state index in [9.17, 15) is 18.0 Å². The summed E-state index contributed by atoms with van der Waals surface area (Å²) in [5.41, 5.74) is 1.94. The van der Waals surface area contributed by atoms with Crippen molar-refractivity contribution in [2.24, 2.45) is 7.05 Å². The van der Waals surface area contributed by atoms with Crippen molar-refractivity contribution in [3.05, 3.63) is 52.1 Å². The van der Waals surface area contributed by atoms with Gasteiger partial charge >= 0.3 is 0 Å². The smallest absolute Gasteiger partial charge is 0.283 e. The Labute approximate surface area is 156 Å². The lowest BCUT2D eigenvalue weighted by Crippen LogP contribution is -2.34. The third-order valence-corrected chi connectivity index (χ3v) is 5.33. The number of hydrogen-bond donors (Lipinski definition) is 0. The minimum absolute atomic E-state index is 0.0322. The van der Waals surface area contributed by atoms with Gasteiger partial charge in [-0.25, -0.2) is 13.5 Å². The van der Waals surface area contributed by atoms with E-state index in [-0.39, 0.29) is 6.04 Å². The molecule has 7 heteroatoms. The van der Waals surface area contributed by atoms with Gasteiger partial charge in [0.25, 0.3) is 12.3 Å². The molecule has 1 heterocycles. The van der Waals surface area contributed by atoms with E-state index >= 15 is 0 Å². The van der Waals surface area contributed by atoms with Crippen LogP contribution in [0.5, 0.6) is 0 Å². The fourth-order valence-electron chi connectivity index (χ4n) is 3.62. The molecule has 0 atom stereocenters. The maximum Gasteiger partial charge on any atom is 0.283 e. The van der Waals surface area contributed by atoms with Crippen molar-refractivity contribution in [1.29, 1.82) is 0 Å². The molecule has 0 bridgehead atoms. The zero-order valence-corrected chi connectivity index (χ0v) is 15.4. The molecule has 1 amide bonds. The summed E-state index contributed by atoms with van der Waals surface area (Å²) in [5.74, 6) is -1.20. The number of halogens is 3. The summed E-state index contributed by atoms with van der Waals surface area (Å²) < 4.78 is 41.7. The predicted molar refractivity (Wildman–Crippen MR) is 94.2 cm³/mol. The van der Waals surface area contributed by atoms with Crippen LogP contribution >= 0.6 is 0 Å². The van der Waals surface area contributed by atoms with Crippen LogP contribution in [-0.2, 0) is 13.6 Å². The molecule has 0 unspecified atom stereocenters. The number of rotatable bonds is 6. The quantitative estimate of drug-likeness (QED) is 0.744. The zero-order valence-electron chi connectivity index (χ0n) is 15.4. The average molecular weight is 377 g/mol. The zero-order chi connectivity index (χ0) is 19.3. The van der Waals surface area contributed by atoms with Crippen LogP contribution in [0, 0.1) is 12.9 Å². The monoisotopic (exact) mass is 377 g/mol. The van der Waals surface area contributed by atoms with Crippen LogP contribution in [0.4, 0.5) is 13.2 Å². The summed E-state index contributed by atoms with van der Waals surface area (Å²) in [6.45, 7) is 2.30. The van der Waals surface area contributed by atoms with E-state index in [1.54, 1.807) is 4.90 Å². The highest BCUT2D eigenvalue weighted by Gasteiger charge is 2.39. The van der Waals surface area contributed by atoms with Crippen molar-refractivity contribution in [2.75, 3.05) is 0 Å². The van der Waals surface area contributed by atoms with Gasteiger partial charge in [0, 0.05) is 19.6 Å². The number of aromatic nitrogens is 2. The van der Waals surface area contributed by atoms with Crippen LogP contribution in [0.25, 0.3) is 0 Å². The first-order valence-electron chi connectivity index (χ1n) is 9.27. The highest BCUT2D eigenvalue weighted by Crippen LogP contribution is 2.43. The second-order valence-corrected chi connectivity index (χ2v) is 7.62. The third-order valence-electron chi connectivity index (χ3n) is 5.33. The average Bonchev–Trinajstić information content (AvgIpc) is 3.52. The molecule has 2 aliphatic carbocycles. The number of carbonyl (C=O) groups excluding carboxylic acids is 1. The highest BCUT2D eigenvalue weighted by atomic mass is 19.3. The van der Waals surface area contributed by atoms with E-state index in [0.29, 0.717) is 17.1 Å². The molecule has 1 aromatic heterocycles. The van der Waals surface area contributed by atoms with Crippen molar-refractivity contribution in [2.45, 2.75) is 57.5 Å². The minimum Gasteiger partial charge on any atom is -0.331 e. The van der Waals surface area contributed by atoms with E-state index in [2.05, 4.69) is 17.2 Å². The molecular weight excluding hydrogens is 355 g/mol. The minimum atomic E-state index is -3.00. The Morgan fingerprint density at radius 1 is 1.30 bits per heavy atom. The first-order valence-corrected chi connectivity index (χ1v) is 9.27. The first-order chi connectivity index (χ1) is 12.9. The maximum absolute atomic E-state index is 14.4. The van der Waals surface area contributed by atoms with Gasteiger partial charge in [0.1, 0.15) is 11.3 Å². The largest absolute Gasteiger partial charge is 0.331 e. The Morgan fingerprint density at radius 3 is 2.59 bits per heavy atom. The molecule has 0 saturated heterocycles. The van der Waals surface area contributed by atoms with E-state index in [1.165, 1.54) is 12.6 Å². The number of carbonyl (C=O) groups is 1. The SMILES string of the molecule is Cc1ccc(C2CC2)c(CN(C(=O)c2c(C(F)F)nn(C)c2F)C2CC2)c1. The topological polar surface area (TPSA) is 38.1 Å². The van der Waals surface area contributed by atoms with Gasteiger partial charge in [0.15, 0.2) is 0 Å². The Morgan fingerprint density at radius 2 is 2.00 bits per heavy atom. The van der Waals surface area contributed by atoms with Gasteiger partial charge in [-0.05, 0) is 49.7 Å². The molecule has 0 N–H and O–H groups in total. The molecule has 27 heavy (non-hydrogen) atoms. The van der Waals surface area contributed by atoms with Crippen LogP contribution in [0.2, 0.25) is 0 Å². The second kappa shape index (κ2) is 6.69. The van der Waals surface area contributed by atoms with Gasteiger partial charge in [-0.2, -0.15) is 9.49 Å². The highest BCUT2D eigenvalue weighted by molar-refractivity contribution is 5.96. The van der Waals surface area contributed by atoms with Gasteiger partial charge in [0.2, 0.25) is 5.95 Å². The second-order valence-electron chi connectivity index (χ2n) is 7.62. The number of benzene rings is 1. The summed E-state index contributed by atoms with van der Waals surface area (Å²) in [6, 6.07) is 6.16. The van der Waals surface area contributed by atoms with Gasteiger partial charge in [-0.15, -0.1) is 0 Å². The third kappa shape index (κ3) is 3.47. The molecular formula is C20H22F3N3O. The summed E-state index contributed by atoms with van der Waals surface area (Å²) in [7, 11) is 1.23. The van der Waals surface area contributed by atoms with Crippen LogP contribution in [0.3, 0.4) is 0 Å². The molecule has 144 valence electrons. The molecule has 2 aromatic rings. The van der Waals surface area contributed by atoms with E-state index in [1.807, 2.05) is 13.0 Å². The number of hydrogen-bond acceptors (Lipinski definition) is 2. The molecule has 0 radical (unpaired) electrons.